The molecular formula is C21H26N6O2. The van der Waals surface area contributed by atoms with E-state index in [9.17, 15) is 4.79 Å². The topological polar surface area (TPSA) is 89.1 Å². The standard InChI is InChI=1S/C21H26N6O2/c28-21(22-13-16-5-4-12-29-16)15-7-10-26(11-8-15)19-18-20(24-14-23-19)27-9-3-1-2-6-17(27)25-18/h4-5,12,14-15H,1-3,6-11,13H2,(H,22,28). The van der Waals surface area contributed by atoms with Crippen LogP contribution in [0, 0.1) is 5.92 Å². The molecule has 1 fully saturated rings. The highest BCUT2D eigenvalue weighted by molar-refractivity contribution is 5.84. The first-order valence-electron chi connectivity index (χ1n) is 10.5. The molecule has 1 N–H and O–H groups in total. The average Bonchev–Trinajstić information content (AvgIpc) is 3.34. The van der Waals surface area contributed by atoms with E-state index in [1.165, 1.54) is 19.3 Å². The van der Waals surface area contributed by atoms with Crippen LogP contribution in [0.3, 0.4) is 0 Å². The zero-order chi connectivity index (χ0) is 19.6. The lowest BCUT2D eigenvalue weighted by Gasteiger charge is -2.32. The summed E-state index contributed by atoms with van der Waals surface area (Å²) in [5.74, 6) is 2.94. The van der Waals surface area contributed by atoms with E-state index < -0.39 is 0 Å². The van der Waals surface area contributed by atoms with Crippen molar-refractivity contribution in [3.05, 3.63) is 36.3 Å². The zero-order valence-electron chi connectivity index (χ0n) is 16.5. The Morgan fingerprint density at radius 3 is 2.90 bits per heavy atom. The van der Waals surface area contributed by atoms with Crippen molar-refractivity contribution in [1.29, 1.82) is 0 Å². The number of piperidine rings is 1. The van der Waals surface area contributed by atoms with Gasteiger partial charge in [0.15, 0.2) is 17.0 Å². The Kier molecular flexibility index (Phi) is 4.91. The minimum Gasteiger partial charge on any atom is -0.467 e. The van der Waals surface area contributed by atoms with Crippen LogP contribution in [0.2, 0.25) is 0 Å². The Morgan fingerprint density at radius 1 is 1.17 bits per heavy atom. The molecule has 2 aliphatic rings. The first-order chi connectivity index (χ1) is 14.3. The summed E-state index contributed by atoms with van der Waals surface area (Å²) in [6, 6.07) is 3.70. The van der Waals surface area contributed by atoms with E-state index in [1.807, 2.05) is 12.1 Å². The molecule has 0 radical (unpaired) electrons. The fourth-order valence-corrected chi connectivity index (χ4v) is 4.44. The normalized spacial score (nSPS) is 17.9. The summed E-state index contributed by atoms with van der Waals surface area (Å²) in [5.41, 5.74) is 1.86. The molecule has 5 rings (SSSR count). The molecule has 29 heavy (non-hydrogen) atoms. The van der Waals surface area contributed by atoms with Gasteiger partial charge < -0.3 is 19.2 Å². The number of fused-ring (bicyclic) bond motifs is 3. The van der Waals surface area contributed by atoms with Gasteiger partial charge in [0, 0.05) is 32.0 Å². The summed E-state index contributed by atoms with van der Waals surface area (Å²) in [4.78, 5) is 28.8. The van der Waals surface area contributed by atoms with E-state index in [-0.39, 0.29) is 11.8 Å². The van der Waals surface area contributed by atoms with Gasteiger partial charge in [0.2, 0.25) is 5.91 Å². The first kappa shape index (κ1) is 18.1. The van der Waals surface area contributed by atoms with E-state index in [0.29, 0.717) is 6.54 Å². The fraction of sp³-hybridized carbons (Fsp3) is 0.524. The van der Waals surface area contributed by atoms with Crippen molar-refractivity contribution >= 4 is 22.9 Å². The first-order valence-corrected chi connectivity index (χ1v) is 10.5. The summed E-state index contributed by atoms with van der Waals surface area (Å²) in [6.45, 7) is 3.03. The monoisotopic (exact) mass is 394 g/mol. The molecule has 0 aliphatic carbocycles. The van der Waals surface area contributed by atoms with E-state index in [4.69, 9.17) is 9.40 Å². The van der Waals surface area contributed by atoms with Crippen molar-refractivity contribution in [2.24, 2.45) is 5.92 Å². The number of rotatable bonds is 4. The largest absolute Gasteiger partial charge is 0.467 e. The lowest BCUT2D eigenvalue weighted by molar-refractivity contribution is -0.125. The summed E-state index contributed by atoms with van der Waals surface area (Å²) in [7, 11) is 0. The molecular weight excluding hydrogens is 368 g/mol. The van der Waals surface area contributed by atoms with Crippen LogP contribution in [0.15, 0.2) is 29.1 Å². The van der Waals surface area contributed by atoms with Gasteiger partial charge in [-0.15, -0.1) is 0 Å². The summed E-state index contributed by atoms with van der Waals surface area (Å²) < 4.78 is 7.55. The van der Waals surface area contributed by atoms with Gasteiger partial charge in [0.05, 0.1) is 12.8 Å². The Bertz CT molecular complexity index is 988. The highest BCUT2D eigenvalue weighted by Crippen LogP contribution is 2.29. The molecule has 5 heterocycles. The SMILES string of the molecule is O=C(NCc1ccco1)C1CCN(c2ncnc3c2nc2n3CCCCC2)CC1. The molecule has 3 aromatic rings. The number of carbonyl (C=O) groups excluding carboxylic acids is 1. The molecule has 0 bridgehead atoms. The third-order valence-corrected chi connectivity index (χ3v) is 6.06. The van der Waals surface area contributed by atoms with Gasteiger partial charge in [-0.3, -0.25) is 4.79 Å². The maximum Gasteiger partial charge on any atom is 0.223 e. The number of imidazole rings is 1. The van der Waals surface area contributed by atoms with Crippen LogP contribution in [0.4, 0.5) is 5.82 Å². The molecule has 2 aliphatic heterocycles. The zero-order valence-corrected chi connectivity index (χ0v) is 16.5. The minimum absolute atomic E-state index is 0.0252. The van der Waals surface area contributed by atoms with E-state index in [0.717, 1.165) is 67.5 Å². The quantitative estimate of drug-likeness (QED) is 0.732. The van der Waals surface area contributed by atoms with Crippen LogP contribution in [-0.2, 0) is 24.3 Å². The smallest absolute Gasteiger partial charge is 0.223 e. The van der Waals surface area contributed by atoms with Gasteiger partial charge in [-0.05, 0) is 37.8 Å². The molecule has 8 nitrogen and oxygen atoms in total. The number of anilines is 1. The van der Waals surface area contributed by atoms with Crippen molar-refractivity contribution in [2.75, 3.05) is 18.0 Å². The molecule has 0 atom stereocenters. The predicted molar refractivity (Wildman–Crippen MR) is 108 cm³/mol. The van der Waals surface area contributed by atoms with Gasteiger partial charge in [-0.1, -0.05) is 6.42 Å². The molecule has 0 spiro atoms. The van der Waals surface area contributed by atoms with Crippen LogP contribution in [-0.4, -0.2) is 38.5 Å². The Hall–Kier alpha value is -2.90. The second kappa shape index (κ2) is 7.85. The Labute approximate surface area is 169 Å². The van der Waals surface area contributed by atoms with E-state index >= 15 is 0 Å². The molecule has 1 amide bonds. The van der Waals surface area contributed by atoms with Gasteiger partial charge in [-0.2, -0.15) is 0 Å². The van der Waals surface area contributed by atoms with Gasteiger partial charge >= 0.3 is 0 Å². The van der Waals surface area contributed by atoms with Crippen LogP contribution >= 0.6 is 0 Å². The average molecular weight is 394 g/mol. The molecule has 152 valence electrons. The van der Waals surface area contributed by atoms with Gasteiger partial charge in [0.25, 0.3) is 0 Å². The molecule has 3 aromatic heterocycles. The number of aromatic nitrogens is 4. The molecule has 0 saturated carbocycles. The summed E-state index contributed by atoms with van der Waals surface area (Å²) >= 11 is 0. The summed E-state index contributed by atoms with van der Waals surface area (Å²) in [5, 5.41) is 2.99. The third-order valence-electron chi connectivity index (χ3n) is 6.06. The highest BCUT2D eigenvalue weighted by Gasteiger charge is 2.28. The van der Waals surface area contributed by atoms with Crippen LogP contribution in [0.5, 0.6) is 0 Å². The second-order valence-electron chi connectivity index (χ2n) is 7.92. The number of nitrogens with zero attached hydrogens (tertiary/aromatic N) is 5. The van der Waals surface area contributed by atoms with Crippen molar-refractivity contribution in [2.45, 2.75) is 51.6 Å². The molecule has 0 aromatic carbocycles. The maximum atomic E-state index is 12.5. The van der Waals surface area contributed by atoms with E-state index in [2.05, 4.69) is 24.8 Å². The predicted octanol–water partition coefficient (Wildman–Crippen LogP) is 2.68. The number of nitrogens with one attached hydrogen (secondary N) is 1. The third kappa shape index (κ3) is 3.59. The summed E-state index contributed by atoms with van der Waals surface area (Å²) in [6.07, 6.45) is 9.51. The van der Waals surface area contributed by atoms with Crippen molar-refractivity contribution in [3.63, 3.8) is 0 Å². The Morgan fingerprint density at radius 2 is 2.07 bits per heavy atom. The van der Waals surface area contributed by atoms with Gasteiger partial charge in [-0.25, -0.2) is 15.0 Å². The number of hydrogen-bond donors (Lipinski definition) is 1. The van der Waals surface area contributed by atoms with Crippen molar-refractivity contribution < 1.29 is 9.21 Å². The maximum absolute atomic E-state index is 12.5. The number of furan rings is 1. The van der Waals surface area contributed by atoms with Crippen LogP contribution < -0.4 is 10.2 Å². The molecule has 0 unspecified atom stereocenters. The van der Waals surface area contributed by atoms with Crippen LogP contribution in [0.1, 0.15) is 43.7 Å². The van der Waals surface area contributed by atoms with E-state index in [1.54, 1.807) is 12.6 Å². The molecule has 1 saturated heterocycles. The second-order valence-corrected chi connectivity index (χ2v) is 7.92. The lowest BCUT2D eigenvalue weighted by atomic mass is 9.96. The van der Waals surface area contributed by atoms with Crippen molar-refractivity contribution in [3.8, 4) is 0 Å². The number of hydrogen-bond acceptors (Lipinski definition) is 6. The number of aryl methyl sites for hydroxylation is 2. The van der Waals surface area contributed by atoms with Crippen LogP contribution in [0.25, 0.3) is 11.2 Å². The molecule has 8 heteroatoms. The number of carbonyl (C=O) groups is 1. The minimum atomic E-state index is 0.0252. The fourth-order valence-electron chi connectivity index (χ4n) is 4.44. The Balaban J connectivity index is 1.27. The van der Waals surface area contributed by atoms with Crippen molar-refractivity contribution in [1.82, 2.24) is 24.8 Å². The lowest BCUT2D eigenvalue weighted by Crippen LogP contribution is -2.40. The number of amides is 1. The highest BCUT2D eigenvalue weighted by atomic mass is 16.3. The van der Waals surface area contributed by atoms with Gasteiger partial charge in [0.1, 0.15) is 17.9 Å².